The maximum atomic E-state index is 12.1. The fourth-order valence-electron chi connectivity index (χ4n) is 1.34. The molecule has 2 heterocycles. The number of aromatic carboxylic acids is 1. The minimum Gasteiger partial charge on any atom is -0.476 e. The van der Waals surface area contributed by atoms with Gasteiger partial charge < -0.3 is 5.11 Å². The summed E-state index contributed by atoms with van der Waals surface area (Å²) in [4.78, 5) is 18.2. The summed E-state index contributed by atoms with van der Waals surface area (Å²) in [5, 5.41) is 8.86. The van der Waals surface area contributed by atoms with Crippen LogP contribution in [-0.4, -0.2) is 29.5 Å². The van der Waals surface area contributed by atoms with Crippen LogP contribution in [0.25, 0.3) is 0 Å². The summed E-state index contributed by atoms with van der Waals surface area (Å²) in [7, 11) is -4.00. The van der Waals surface area contributed by atoms with E-state index >= 15 is 0 Å². The second-order valence-electron chi connectivity index (χ2n) is 3.62. The first kappa shape index (κ1) is 13.4. The number of carboxylic acid groups (broad SMARTS) is 1. The number of rotatable bonds is 4. The zero-order valence-electron chi connectivity index (χ0n) is 9.69. The Morgan fingerprint density at radius 2 is 2.16 bits per heavy atom. The summed E-state index contributed by atoms with van der Waals surface area (Å²) < 4.78 is 26.0. The second kappa shape index (κ2) is 4.94. The molecule has 0 radical (unpaired) electrons. The molecule has 0 aliphatic carbocycles. The van der Waals surface area contributed by atoms with Crippen LogP contribution in [0.2, 0.25) is 0 Å². The van der Waals surface area contributed by atoms with Gasteiger partial charge in [0.2, 0.25) is 0 Å². The molecule has 0 bridgehead atoms. The van der Waals surface area contributed by atoms with Crippen molar-refractivity contribution >= 4 is 33.1 Å². The average Bonchev–Trinajstić information content (AvgIpc) is 2.77. The molecule has 9 heteroatoms. The van der Waals surface area contributed by atoms with Crippen LogP contribution in [0.1, 0.15) is 16.1 Å². The summed E-state index contributed by atoms with van der Waals surface area (Å²) in [6.07, 6.45) is 1.46. The van der Waals surface area contributed by atoms with Gasteiger partial charge in [0.15, 0.2) is 9.90 Å². The predicted octanol–water partition coefficient (Wildman–Crippen LogP) is 1.35. The number of anilines is 1. The third kappa shape index (κ3) is 2.88. The van der Waals surface area contributed by atoms with Crippen molar-refractivity contribution in [2.45, 2.75) is 11.1 Å². The molecule has 100 valence electrons. The highest BCUT2D eigenvalue weighted by Crippen LogP contribution is 2.22. The highest BCUT2D eigenvalue weighted by molar-refractivity contribution is 7.94. The van der Waals surface area contributed by atoms with E-state index in [-0.39, 0.29) is 10.0 Å². The SMILES string of the molecule is Cc1ccnc(NS(=O)(=O)c2scnc2C(=O)O)c1. The second-order valence-corrected chi connectivity index (χ2v) is 6.35. The number of sulfonamides is 1. The largest absolute Gasteiger partial charge is 0.476 e. The first-order chi connectivity index (χ1) is 8.90. The van der Waals surface area contributed by atoms with Crippen LogP contribution in [0.3, 0.4) is 0 Å². The lowest BCUT2D eigenvalue weighted by Gasteiger charge is -2.06. The Morgan fingerprint density at radius 1 is 1.42 bits per heavy atom. The summed E-state index contributed by atoms with van der Waals surface area (Å²) in [5.41, 5.74) is 1.50. The molecule has 0 aliphatic heterocycles. The molecule has 0 saturated carbocycles. The number of pyridine rings is 1. The summed E-state index contributed by atoms with van der Waals surface area (Å²) >= 11 is 0.738. The molecular formula is C10H9N3O4S2. The summed E-state index contributed by atoms with van der Waals surface area (Å²) in [5.74, 6) is -1.26. The third-order valence-electron chi connectivity index (χ3n) is 2.14. The van der Waals surface area contributed by atoms with Crippen LogP contribution in [-0.2, 0) is 10.0 Å². The standard InChI is InChI=1S/C10H9N3O4S2/c1-6-2-3-11-7(4-6)13-19(16,17)10-8(9(14)15)12-5-18-10/h2-5H,1H3,(H,11,13)(H,14,15). The number of carboxylic acids is 1. The molecule has 0 atom stereocenters. The first-order valence-corrected chi connectivity index (χ1v) is 7.38. The van der Waals surface area contributed by atoms with Gasteiger partial charge >= 0.3 is 5.97 Å². The van der Waals surface area contributed by atoms with Gasteiger partial charge in [-0.3, -0.25) is 4.72 Å². The van der Waals surface area contributed by atoms with Crippen molar-refractivity contribution in [2.24, 2.45) is 0 Å². The molecule has 0 saturated heterocycles. The molecule has 0 fully saturated rings. The zero-order chi connectivity index (χ0) is 14.0. The summed E-state index contributed by atoms with van der Waals surface area (Å²) in [6, 6.07) is 3.26. The van der Waals surface area contributed by atoms with Crippen LogP contribution in [0.15, 0.2) is 28.0 Å². The van der Waals surface area contributed by atoms with E-state index in [0.29, 0.717) is 0 Å². The van der Waals surface area contributed by atoms with Crippen molar-refractivity contribution in [2.75, 3.05) is 4.72 Å². The maximum Gasteiger partial charge on any atom is 0.356 e. The van der Waals surface area contributed by atoms with Gasteiger partial charge in [-0.05, 0) is 24.6 Å². The number of nitrogens with one attached hydrogen (secondary N) is 1. The Bertz CT molecular complexity index is 724. The van der Waals surface area contributed by atoms with E-state index in [0.717, 1.165) is 16.9 Å². The normalized spacial score (nSPS) is 11.2. The minimum absolute atomic E-state index is 0.129. The lowest BCUT2D eigenvalue weighted by Crippen LogP contribution is -2.16. The fourth-order valence-corrected chi connectivity index (χ4v) is 3.49. The molecule has 0 spiro atoms. The Kier molecular flexibility index (Phi) is 3.49. The smallest absolute Gasteiger partial charge is 0.356 e. The van der Waals surface area contributed by atoms with E-state index in [9.17, 15) is 13.2 Å². The van der Waals surface area contributed by atoms with Gasteiger partial charge in [-0.25, -0.2) is 23.2 Å². The Hall–Kier alpha value is -2.00. The quantitative estimate of drug-likeness (QED) is 0.881. The topological polar surface area (TPSA) is 109 Å². The number of thiazole rings is 1. The van der Waals surface area contributed by atoms with Crippen molar-refractivity contribution < 1.29 is 18.3 Å². The van der Waals surface area contributed by atoms with Gasteiger partial charge in [0.05, 0.1) is 5.51 Å². The van der Waals surface area contributed by atoms with E-state index in [2.05, 4.69) is 14.7 Å². The van der Waals surface area contributed by atoms with Crippen molar-refractivity contribution in [3.63, 3.8) is 0 Å². The van der Waals surface area contributed by atoms with Crippen LogP contribution in [0, 0.1) is 6.92 Å². The van der Waals surface area contributed by atoms with E-state index in [1.807, 2.05) is 0 Å². The number of hydrogen-bond donors (Lipinski definition) is 2. The molecule has 0 aromatic carbocycles. The van der Waals surface area contributed by atoms with E-state index in [4.69, 9.17) is 5.11 Å². The molecular weight excluding hydrogens is 290 g/mol. The molecule has 19 heavy (non-hydrogen) atoms. The number of aromatic nitrogens is 2. The van der Waals surface area contributed by atoms with Crippen molar-refractivity contribution in [1.29, 1.82) is 0 Å². The Balaban J connectivity index is 2.38. The molecule has 2 N–H and O–H groups in total. The zero-order valence-corrected chi connectivity index (χ0v) is 11.3. The third-order valence-corrected chi connectivity index (χ3v) is 4.86. The van der Waals surface area contributed by atoms with E-state index in [1.54, 1.807) is 19.1 Å². The van der Waals surface area contributed by atoms with Gasteiger partial charge in [-0.15, -0.1) is 11.3 Å². The van der Waals surface area contributed by atoms with Gasteiger partial charge in [0, 0.05) is 6.20 Å². The van der Waals surface area contributed by atoms with E-state index < -0.39 is 21.7 Å². The molecule has 2 aromatic rings. The van der Waals surface area contributed by atoms with Crippen LogP contribution < -0.4 is 4.72 Å². The van der Waals surface area contributed by atoms with Gasteiger partial charge in [0.25, 0.3) is 10.0 Å². The fraction of sp³-hybridized carbons (Fsp3) is 0.100. The lowest BCUT2D eigenvalue weighted by atomic mass is 10.3. The van der Waals surface area contributed by atoms with Crippen molar-refractivity contribution in [3.05, 3.63) is 35.1 Å². The highest BCUT2D eigenvalue weighted by atomic mass is 32.2. The van der Waals surface area contributed by atoms with Crippen molar-refractivity contribution in [1.82, 2.24) is 9.97 Å². The summed E-state index contributed by atoms with van der Waals surface area (Å²) in [6.45, 7) is 1.79. The first-order valence-electron chi connectivity index (χ1n) is 5.02. The number of carbonyl (C=O) groups is 1. The average molecular weight is 299 g/mol. The lowest BCUT2D eigenvalue weighted by molar-refractivity contribution is 0.0687. The van der Waals surface area contributed by atoms with E-state index in [1.165, 1.54) is 11.7 Å². The predicted molar refractivity (Wildman–Crippen MR) is 68.9 cm³/mol. The Morgan fingerprint density at radius 3 is 2.79 bits per heavy atom. The van der Waals surface area contributed by atoms with Crippen LogP contribution in [0.4, 0.5) is 5.82 Å². The molecule has 7 nitrogen and oxygen atoms in total. The molecule has 0 unspecified atom stereocenters. The van der Waals surface area contributed by atoms with Crippen LogP contribution in [0.5, 0.6) is 0 Å². The molecule has 0 amide bonds. The molecule has 0 aliphatic rings. The highest BCUT2D eigenvalue weighted by Gasteiger charge is 2.26. The maximum absolute atomic E-state index is 12.1. The van der Waals surface area contributed by atoms with Gasteiger partial charge in [-0.2, -0.15) is 0 Å². The Labute approximate surface area is 113 Å². The van der Waals surface area contributed by atoms with Crippen LogP contribution >= 0.6 is 11.3 Å². The molecule has 2 rings (SSSR count). The number of aryl methyl sites for hydroxylation is 1. The van der Waals surface area contributed by atoms with Gasteiger partial charge in [0.1, 0.15) is 5.82 Å². The molecule has 2 aromatic heterocycles. The monoisotopic (exact) mass is 299 g/mol. The number of hydrogen-bond acceptors (Lipinski definition) is 6. The van der Waals surface area contributed by atoms with Crippen molar-refractivity contribution in [3.8, 4) is 0 Å². The minimum atomic E-state index is -4.00. The van der Waals surface area contributed by atoms with Gasteiger partial charge in [-0.1, -0.05) is 0 Å². The number of nitrogens with zero attached hydrogens (tertiary/aromatic N) is 2.